The van der Waals surface area contributed by atoms with E-state index in [1.807, 2.05) is 38.5 Å². The minimum absolute atomic E-state index is 0.0154. The van der Waals surface area contributed by atoms with Crippen LogP contribution in [0.3, 0.4) is 0 Å². The van der Waals surface area contributed by atoms with E-state index in [9.17, 15) is 9.90 Å². The Morgan fingerprint density at radius 1 is 1.41 bits per heavy atom. The minimum Gasteiger partial charge on any atom is -0.383 e. The highest BCUT2D eigenvalue weighted by Gasteiger charge is 2.29. The Kier molecular flexibility index (Phi) is 6.40. The Labute approximate surface area is 137 Å². The number of nitrogens with zero attached hydrogens (tertiary/aromatic N) is 1. The van der Waals surface area contributed by atoms with Crippen LogP contribution < -0.4 is 10.6 Å². The van der Waals surface area contributed by atoms with Crippen LogP contribution in [0.15, 0.2) is 17.5 Å². The molecule has 1 aromatic heterocycles. The predicted molar refractivity (Wildman–Crippen MR) is 92.2 cm³/mol. The summed E-state index contributed by atoms with van der Waals surface area (Å²) in [6, 6.07) is 3.52. The van der Waals surface area contributed by atoms with Crippen molar-refractivity contribution in [3.8, 4) is 0 Å². The van der Waals surface area contributed by atoms with E-state index >= 15 is 0 Å². The molecule has 0 radical (unpaired) electrons. The van der Waals surface area contributed by atoms with Gasteiger partial charge in [-0.15, -0.1) is 11.3 Å². The van der Waals surface area contributed by atoms with Crippen LogP contribution in [0.1, 0.15) is 32.6 Å². The zero-order valence-electron chi connectivity index (χ0n) is 14.4. The van der Waals surface area contributed by atoms with E-state index in [1.165, 1.54) is 11.3 Å². The lowest BCUT2D eigenvalue weighted by Crippen LogP contribution is -2.52. The van der Waals surface area contributed by atoms with Crippen molar-refractivity contribution >= 4 is 17.4 Å². The maximum Gasteiger partial charge on any atom is 0.315 e. The number of hydrogen-bond donors (Lipinski definition) is 3. The third-order valence-corrected chi connectivity index (χ3v) is 5.01. The molecule has 22 heavy (non-hydrogen) atoms. The normalized spacial score (nSPS) is 16.2. The molecule has 126 valence electrons. The van der Waals surface area contributed by atoms with Crippen LogP contribution in [0.4, 0.5) is 4.79 Å². The molecule has 0 aliphatic carbocycles. The minimum atomic E-state index is -1.05. The van der Waals surface area contributed by atoms with Gasteiger partial charge in [-0.25, -0.2) is 4.79 Å². The zero-order valence-corrected chi connectivity index (χ0v) is 15.3. The van der Waals surface area contributed by atoms with Crippen molar-refractivity contribution in [3.05, 3.63) is 22.4 Å². The molecular formula is C16H29N3O2S. The maximum atomic E-state index is 12.1. The van der Waals surface area contributed by atoms with Crippen molar-refractivity contribution in [1.29, 1.82) is 0 Å². The van der Waals surface area contributed by atoms with Crippen molar-refractivity contribution in [1.82, 2.24) is 15.5 Å². The average Bonchev–Trinajstić information content (AvgIpc) is 2.89. The standard InChI is InChI=1S/C16H29N3O2S/c1-12(15(2,3)11-19(5)6)18-14(20)17-10-16(4,21)13-8-7-9-22-13/h7-9,12,21H,10-11H2,1-6H3,(H2,17,18,20). The van der Waals surface area contributed by atoms with Gasteiger partial charge in [0, 0.05) is 17.5 Å². The molecule has 0 spiro atoms. The highest BCUT2D eigenvalue weighted by molar-refractivity contribution is 7.10. The molecular weight excluding hydrogens is 298 g/mol. The van der Waals surface area contributed by atoms with Crippen LogP contribution in [0.2, 0.25) is 0 Å². The van der Waals surface area contributed by atoms with Gasteiger partial charge in [0.05, 0.1) is 6.54 Å². The fourth-order valence-electron chi connectivity index (χ4n) is 2.32. The van der Waals surface area contributed by atoms with Gasteiger partial charge >= 0.3 is 6.03 Å². The summed E-state index contributed by atoms with van der Waals surface area (Å²) in [6.45, 7) is 9.01. The molecule has 1 rings (SSSR count). The molecule has 5 nitrogen and oxygen atoms in total. The number of carbonyl (C=O) groups excluding carboxylic acids is 1. The summed E-state index contributed by atoms with van der Waals surface area (Å²) in [5.74, 6) is 0. The molecule has 3 N–H and O–H groups in total. The highest BCUT2D eigenvalue weighted by Crippen LogP contribution is 2.24. The molecule has 1 heterocycles. The van der Waals surface area contributed by atoms with Gasteiger partial charge in [-0.2, -0.15) is 0 Å². The van der Waals surface area contributed by atoms with E-state index in [0.29, 0.717) is 0 Å². The van der Waals surface area contributed by atoms with Crippen molar-refractivity contribution < 1.29 is 9.90 Å². The number of aliphatic hydroxyl groups is 1. The van der Waals surface area contributed by atoms with Gasteiger partial charge in [0.15, 0.2) is 0 Å². The first-order chi connectivity index (χ1) is 10.0. The summed E-state index contributed by atoms with van der Waals surface area (Å²) in [6.07, 6.45) is 0. The quantitative estimate of drug-likeness (QED) is 0.719. The monoisotopic (exact) mass is 327 g/mol. The topological polar surface area (TPSA) is 64.6 Å². The summed E-state index contributed by atoms with van der Waals surface area (Å²) in [5.41, 5.74) is -1.09. The fourth-order valence-corrected chi connectivity index (χ4v) is 3.11. The molecule has 2 amide bonds. The van der Waals surface area contributed by atoms with Crippen molar-refractivity contribution in [2.45, 2.75) is 39.3 Å². The molecule has 0 fully saturated rings. The summed E-state index contributed by atoms with van der Waals surface area (Å²) < 4.78 is 0. The lowest BCUT2D eigenvalue weighted by molar-refractivity contribution is 0.0627. The maximum absolute atomic E-state index is 12.1. The lowest BCUT2D eigenvalue weighted by atomic mass is 9.85. The van der Waals surface area contributed by atoms with Crippen LogP contribution in [-0.4, -0.2) is 49.3 Å². The van der Waals surface area contributed by atoms with Gasteiger partial charge in [-0.05, 0) is 44.8 Å². The first kappa shape index (κ1) is 18.9. The van der Waals surface area contributed by atoms with Crippen molar-refractivity contribution in [3.63, 3.8) is 0 Å². The lowest BCUT2D eigenvalue weighted by Gasteiger charge is -2.35. The molecule has 2 unspecified atom stereocenters. The predicted octanol–water partition coefficient (Wildman–Crippen LogP) is 2.23. The Morgan fingerprint density at radius 3 is 2.55 bits per heavy atom. The summed E-state index contributed by atoms with van der Waals surface area (Å²) in [5, 5.41) is 18.0. The Bertz CT molecular complexity index is 470. The van der Waals surface area contributed by atoms with E-state index in [0.717, 1.165) is 11.4 Å². The Morgan fingerprint density at radius 2 is 2.05 bits per heavy atom. The largest absolute Gasteiger partial charge is 0.383 e. The molecule has 0 aromatic carbocycles. The second-order valence-corrected chi connectivity index (χ2v) is 7.97. The van der Waals surface area contributed by atoms with Gasteiger partial charge in [0.1, 0.15) is 5.60 Å². The summed E-state index contributed by atoms with van der Waals surface area (Å²) in [4.78, 5) is 15.0. The number of amides is 2. The summed E-state index contributed by atoms with van der Waals surface area (Å²) >= 11 is 1.48. The van der Waals surface area contributed by atoms with Gasteiger partial charge in [0.2, 0.25) is 0 Å². The van der Waals surface area contributed by atoms with Crippen LogP contribution in [0, 0.1) is 5.41 Å². The van der Waals surface area contributed by atoms with Crippen LogP contribution >= 0.6 is 11.3 Å². The fraction of sp³-hybridized carbons (Fsp3) is 0.688. The smallest absolute Gasteiger partial charge is 0.315 e. The van der Waals surface area contributed by atoms with E-state index in [4.69, 9.17) is 0 Å². The molecule has 0 aliphatic heterocycles. The van der Waals surface area contributed by atoms with Gasteiger partial charge in [-0.3, -0.25) is 0 Å². The van der Waals surface area contributed by atoms with E-state index in [2.05, 4.69) is 29.4 Å². The van der Waals surface area contributed by atoms with Crippen LogP contribution in [0.5, 0.6) is 0 Å². The first-order valence-corrected chi connectivity index (χ1v) is 8.38. The van der Waals surface area contributed by atoms with Gasteiger partial charge in [0.25, 0.3) is 0 Å². The van der Waals surface area contributed by atoms with Crippen LogP contribution in [0.25, 0.3) is 0 Å². The molecule has 1 aromatic rings. The number of thiophene rings is 1. The third-order valence-electron chi connectivity index (χ3n) is 3.89. The van der Waals surface area contributed by atoms with E-state index < -0.39 is 5.60 Å². The zero-order chi connectivity index (χ0) is 17.0. The second kappa shape index (κ2) is 7.44. The molecule has 6 heteroatoms. The Balaban J connectivity index is 2.49. The number of carbonyl (C=O) groups is 1. The molecule has 0 saturated heterocycles. The number of urea groups is 1. The van der Waals surface area contributed by atoms with E-state index in [1.54, 1.807) is 6.92 Å². The average molecular weight is 327 g/mol. The highest BCUT2D eigenvalue weighted by atomic mass is 32.1. The third kappa shape index (κ3) is 5.59. The van der Waals surface area contributed by atoms with Gasteiger partial charge < -0.3 is 20.6 Å². The number of hydrogen-bond acceptors (Lipinski definition) is 4. The van der Waals surface area contributed by atoms with Gasteiger partial charge in [-0.1, -0.05) is 19.9 Å². The summed E-state index contributed by atoms with van der Waals surface area (Å²) in [7, 11) is 4.04. The second-order valence-electron chi connectivity index (χ2n) is 7.03. The van der Waals surface area contributed by atoms with Crippen molar-refractivity contribution in [2.24, 2.45) is 5.41 Å². The SMILES string of the molecule is CC(NC(=O)NCC(C)(O)c1cccs1)C(C)(C)CN(C)C. The van der Waals surface area contributed by atoms with E-state index in [-0.39, 0.29) is 24.0 Å². The molecule has 0 saturated carbocycles. The first-order valence-electron chi connectivity index (χ1n) is 7.50. The molecule has 2 atom stereocenters. The number of nitrogens with one attached hydrogen (secondary N) is 2. The molecule has 0 bridgehead atoms. The number of rotatable bonds is 7. The van der Waals surface area contributed by atoms with Crippen LogP contribution in [-0.2, 0) is 5.60 Å². The van der Waals surface area contributed by atoms with Crippen molar-refractivity contribution in [2.75, 3.05) is 27.2 Å². The molecule has 0 aliphatic rings. The Hall–Kier alpha value is -1.11.